The topological polar surface area (TPSA) is 17.1 Å². The summed E-state index contributed by atoms with van der Waals surface area (Å²) in [5.74, 6) is 0.180. The van der Waals surface area contributed by atoms with E-state index in [9.17, 15) is 4.79 Å². The average molecular weight is 223 g/mol. The fourth-order valence-corrected chi connectivity index (χ4v) is 2.47. The van der Waals surface area contributed by atoms with Crippen LogP contribution in [0, 0.1) is 6.92 Å². The summed E-state index contributed by atoms with van der Waals surface area (Å²) in [7, 11) is 0. The number of rotatable bonds is 1. The van der Waals surface area contributed by atoms with Crippen molar-refractivity contribution in [2.45, 2.75) is 37.5 Å². The van der Waals surface area contributed by atoms with E-state index >= 15 is 0 Å². The zero-order valence-corrected chi connectivity index (χ0v) is 9.68. The second kappa shape index (κ2) is 3.97. The lowest BCUT2D eigenvalue weighted by Crippen LogP contribution is -2.32. The molecular weight excluding hydrogens is 208 g/mol. The van der Waals surface area contributed by atoms with E-state index in [0.717, 1.165) is 24.8 Å². The van der Waals surface area contributed by atoms with E-state index in [1.807, 2.05) is 31.2 Å². The van der Waals surface area contributed by atoms with Gasteiger partial charge in [-0.3, -0.25) is 4.79 Å². The summed E-state index contributed by atoms with van der Waals surface area (Å²) in [6.45, 7) is 2.04. The first-order valence-electron chi connectivity index (χ1n) is 5.42. The minimum atomic E-state index is -0.744. The SMILES string of the molecule is Cc1ccc(C2(Cl)CCCCC2=O)cc1. The van der Waals surface area contributed by atoms with Gasteiger partial charge in [0.2, 0.25) is 0 Å². The Morgan fingerprint density at radius 2 is 1.87 bits per heavy atom. The van der Waals surface area contributed by atoms with Crippen LogP contribution < -0.4 is 0 Å². The van der Waals surface area contributed by atoms with Crippen LogP contribution in [0.5, 0.6) is 0 Å². The molecule has 1 aromatic rings. The summed E-state index contributed by atoms with van der Waals surface area (Å²) in [6.07, 6.45) is 3.43. The Balaban J connectivity index is 2.35. The number of aryl methyl sites for hydroxylation is 1. The highest BCUT2D eigenvalue weighted by Crippen LogP contribution is 2.40. The van der Waals surface area contributed by atoms with E-state index in [0.29, 0.717) is 6.42 Å². The van der Waals surface area contributed by atoms with Gasteiger partial charge in [0.05, 0.1) is 0 Å². The third-order valence-corrected chi connectivity index (χ3v) is 3.74. The highest BCUT2D eigenvalue weighted by Gasteiger charge is 2.39. The molecule has 1 aliphatic rings. The van der Waals surface area contributed by atoms with Gasteiger partial charge >= 0.3 is 0 Å². The van der Waals surface area contributed by atoms with Crippen molar-refractivity contribution in [2.75, 3.05) is 0 Å². The van der Waals surface area contributed by atoms with E-state index in [1.165, 1.54) is 5.56 Å². The summed E-state index contributed by atoms with van der Waals surface area (Å²) in [5.41, 5.74) is 2.15. The summed E-state index contributed by atoms with van der Waals surface area (Å²) in [5, 5.41) is 0. The number of benzene rings is 1. The quantitative estimate of drug-likeness (QED) is 0.664. The fourth-order valence-electron chi connectivity index (χ4n) is 2.11. The Hall–Kier alpha value is -0.820. The molecule has 0 amide bonds. The number of ketones is 1. The molecule has 80 valence electrons. The first kappa shape index (κ1) is 10.7. The van der Waals surface area contributed by atoms with Crippen molar-refractivity contribution in [3.8, 4) is 0 Å². The van der Waals surface area contributed by atoms with Gasteiger partial charge < -0.3 is 0 Å². The summed E-state index contributed by atoms with van der Waals surface area (Å²) < 4.78 is 0. The normalized spacial score (nSPS) is 26.7. The van der Waals surface area contributed by atoms with Crippen molar-refractivity contribution in [1.29, 1.82) is 0 Å². The van der Waals surface area contributed by atoms with Gasteiger partial charge in [-0.05, 0) is 25.3 Å². The summed E-state index contributed by atoms with van der Waals surface area (Å²) >= 11 is 6.45. The molecule has 1 unspecified atom stereocenters. The molecule has 2 rings (SSSR count). The molecule has 0 saturated heterocycles. The van der Waals surface area contributed by atoms with E-state index in [-0.39, 0.29) is 5.78 Å². The van der Waals surface area contributed by atoms with E-state index in [2.05, 4.69) is 0 Å². The van der Waals surface area contributed by atoms with Crippen molar-refractivity contribution in [1.82, 2.24) is 0 Å². The first-order chi connectivity index (χ1) is 7.13. The smallest absolute Gasteiger partial charge is 0.158 e. The number of hydrogen-bond donors (Lipinski definition) is 0. The van der Waals surface area contributed by atoms with Crippen LogP contribution in [0.4, 0.5) is 0 Å². The second-order valence-electron chi connectivity index (χ2n) is 4.30. The number of carbonyl (C=O) groups excluding carboxylic acids is 1. The van der Waals surface area contributed by atoms with Crippen LogP contribution in [0.1, 0.15) is 36.8 Å². The van der Waals surface area contributed by atoms with Gasteiger partial charge in [-0.25, -0.2) is 0 Å². The number of alkyl halides is 1. The third kappa shape index (κ3) is 1.93. The van der Waals surface area contributed by atoms with Gasteiger partial charge in [0.15, 0.2) is 5.78 Å². The average Bonchev–Trinajstić information content (AvgIpc) is 2.23. The number of hydrogen-bond acceptors (Lipinski definition) is 1. The van der Waals surface area contributed by atoms with Crippen molar-refractivity contribution < 1.29 is 4.79 Å². The van der Waals surface area contributed by atoms with Gasteiger partial charge in [-0.2, -0.15) is 0 Å². The van der Waals surface area contributed by atoms with Crippen LogP contribution in [-0.2, 0) is 9.67 Å². The highest BCUT2D eigenvalue weighted by molar-refractivity contribution is 6.35. The van der Waals surface area contributed by atoms with E-state index in [4.69, 9.17) is 11.6 Å². The molecule has 0 heterocycles. The lowest BCUT2D eigenvalue weighted by Gasteiger charge is -2.30. The van der Waals surface area contributed by atoms with Crippen LogP contribution in [-0.4, -0.2) is 5.78 Å². The Bertz CT molecular complexity index is 369. The predicted octanol–water partition coefficient (Wildman–Crippen LogP) is 3.57. The minimum absolute atomic E-state index is 0.180. The lowest BCUT2D eigenvalue weighted by atomic mass is 9.82. The van der Waals surface area contributed by atoms with Crippen LogP contribution in [0.2, 0.25) is 0 Å². The molecule has 0 spiro atoms. The van der Waals surface area contributed by atoms with Crippen LogP contribution >= 0.6 is 11.6 Å². The summed E-state index contributed by atoms with van der Waals surface area (Å²) in [4.78, 5) is 11.1. The Labute approximate surface area is 95.4 Å². The predicted molar refractivity (Wildman–Crippen MR) is 62.2 cm³/mol. The Morgan fingerprint density at radius 3 is 2.47 bits per heavy atom. The number of halogens is 1. The molecule has 2 heteroatoms. The molecule has 15 heavy (non-hydrogen) atoms. The molecule has 1 saturated carbocycles. The largest absolute Gasteiger partial charge is 0.297 e. The van der Waals surface area contributed by atoms with Crippen molar-refractivity contribution >= 4 is 17.4 Å². The molecule has 1 aliphatic carbocycles. The molecule has 0 aliphatic heterocycles. The van der Waals surface area contributed by atoms with Crippen molar-refractivity contribution in [3.63, 3.8) is 0 Å². The molecule has 1 nitrogen and oxygen atoms in total. The maximum Gasteiger partial charge on any atom is 0.158 e. The van der Waals surface area contributed by atoms with E-state index in [1.54, 1.807) is 0 Å². The van der Waals surface area contributed by atoms with Gasteiger partial charge in [-0.1, -0.05) is 36.2 Å². The minimum Gasteiger partial charge on any atom is -0.297 e. The fraction of sp³-hybridized carbons (Fsp3) is 0.462. The van der Waals surface area contributed by atoms with Gasteiger partial charge in [0, 0.05) is 6.42 Å². The van der Waals surface area contributed by atoms with Crippen molar-refractivity contribution in [3.05, 3.63) is 35.4 Å². The maximum absolute atomic E-state index is 11.9. The molecule has 1 aromatic carbocycles. The van der Waals surface area contributed by atoms with Crippen LogP contribution in [0.25, 0.3) is 0 Å². The van der Waals surface area contributed by atoms with Crippen molar-refractivity contribution in [2.24, 2.45) is 0 Å². The second-order valence-corrected chi connectivity index (χ2v) is 4.94. The zero-order valence-electron chi connectivity index (χ0n) is 8.92. The van der Waals surface area contributed by atoms with Gasteiger partial charge in [0.1, 0.15) is 4.87 Å². The number of Topliss-reactive ketones (excluding diaryl/α,β-unsaturated/α-hetero) is 1. The molecule has 1 atom stereocenters. The highest BCUT2D eigenvalue weighted by atomic mass is 35.5. The van der Waals surface area contributed by atoms with Gasteiger partial charge in [0.25, 0.3) is 0 Å². The van der Waals surface area contributed by atoms with Gasteiger partial charge in [-0.15, -0.1) is 11.6 Å². The monoisotopic (exact) mass is 222 g/mol. The Morgan fingerprint density at radius 1 is 1.20 bits per heavy atom. The van der Waals surface area contributed by atoms with E-state index < -0.39 is 4.87 Å². The summed E-state index contributed by atoms with van der Waals surface area (Å²) in [6, 6.07) is 7.99. The standard InChI is InChI=1S/C13H15ClO/c1-10-5-7-11(8-6-10)13(14)9-3-2-4-12(13)15/h5-8H,2-4,9H2,1H3. The lowest BCUT2D eigenvalue weighted by molar-refractivity contribution is -0.123. The third-order valence-electron chi connectivity index (χ3n) is 3.13. The molecule has 1 fully saturated rings. The first-order valence-corrected chi connectivity index (χ1v) is 5.80. The molecular formula is C13H15ClO. The molecule has 0 bridgehead atoms. The maximum atomic E-state index is 11.9. The Kier molecular flexibility index (Phi) is 2.83. The zero-order chi connectivity index (χ0) is 10.9. The molecule has 0 N–H and O–H groups in total. The molecule has 0 aromatic heterocycles. The molecule has 0 radical (unpaired) electrons. The van der Waals surface area contributed by atoms with Crippen LogP contribution in [0.3, 0.4) is 0 Å². The number of carbonyl (C=O) groups is 1. The van der Waals surface area contributed by atoms with Crippen LogP contribution in [0.15, 0.2) is 24.3 Å².